The van der Waals surface area contributed by atoms with Crippen molar-refractivity contribution in [3.05, 3.63) is 65.3 Å². The third-order valence-corrected chi connectivity index (χ3v) is 6.73. The zero-order valence-electron chi connectivity index (χ0n) is 18.8. The Kier molecular flexibility index (Phi) is 6.11. The number of benzene rings is 1. The summed E-state index contributed by atoms with van der Waals surface area (Å²) >= 11 is 0. The summed E-state index contributed by atoms with van der Waals surface area (Å²) in [5, 5.41) is 0. The fourth-order valence-electron chi connectivity index (χ4n) is 5.17. The van der Waals surface area contributed by atoms with Crippen LogP contribution >= 0.6 is 0 Å². The molecule has 2 aliphatic rings. The van der Waals surface area contributed by atoms with E-state index in [1.165, 1.54) is 47.4 Å². The summed E-state index contributed by atoms with van der Waals surface area (Å²) < 4.78 is 13.5. The third-order valence-electron chi connectivity index (χ3n) is 6.73. The zero-order valence-corrected chi connectivity index (χ0v) is 18.8. The van der Waals surface area contributed by atoms with E-state index in [9.17, 15) is 4.39 Å². The van der Waals surface area contributed by atoms with Crippen molar-refractivity contribution >= 4 is 0 Å². The van der Waals surface area contributed by atoms with Crippen LogP contribution in [0.2, 0.25) is 0 Å². The van der Waals surface area contributed by atoms with Crippen LogP contribution in [0.1, 0.15) is 75.7 Å². The summed E-state index contributed by atoms with van der Waals surface area (Å²) in [6, 6.07) is 9.29. The molecule has 30 heavy (non-hydrogen) atoms. The topological polar surface area (TPSA) is 16.1 Å². The zero-order chi connectivity index (χ0) is 21.3. The number of rotatable bonds is 9. The summed E-state index contributed by atoms with van der Waals surface area (Å²) in [5.41, 5.74) is 7.89. The van der Waals surface area contributed by atoms with Crippen LogP contribution in [-0.4, -0.2) is 23.0 Å². The minimum atomic E-state index is -0.180. The second kappa shape index (κ2) is 8.63. The summed E-state index contributed by atoms with van der Waals surface area (Å²) in [6.45, 7) is 14.0. The Balaban J connectivity index is 1.61. The predicted molar refractivity (Wildman–Crippen MR) is 123 cm³/mol. The maximum atomic E-state index is 13.5. The SMILES string of the molecule is C=C(C)CC1(CC)CN(Cc2cc(CCC)c(-c3ccc(F)cc3)c(C3CC3)n2)C1. The number of hydrogen-bond acceptors (Lipinski definition) is 2. The molecule has 1 saturated carbocycles. The number of halogens is 1. The van der Waals surface area contributed by atoms with Crippen molar-refractivity contribution in [2.24, 2.45) is 5.41 Å². The van der Waals surface area contributed by atoms with Crippen molar-refractivity contribution in [3.63, 3.8) is 0 Å². The van der Waals surface area contributed by atoms with Crippen LogP contribution in [0.3, 0.4) is 0 Å². The molecule has 160 valence electrons. The molecule has 1 aromatic heterocycles. The number of aromatic nitrogens is 1. The van der Waals surface area contributed by atoms with E-state index in [2.05, 4.69) is 38.3 Å². The Morgan fingerprint density at radius 1 is 1.20 bits per heavy atom. The molecule has 1 aliphatic heterocycles. The first kappa shape index (κ1) is 21.2. The molecule has 1 aromatic carbocycles. The number of allylic oxidation sites excluding steroid dienone is 1. The van der Waals surface area contributed by atoms with Gasteiger partial charge in [-0.1, -0.05) is 38.0 Å². The minimum absolute atomic E-state index is 0.180. The van der Waals surface area contributed by atoms with Crippen molar-refractivity contribution in [2.75, 3.05) is 13.1 Å². The van der Waals surface area contributed by atoms with Crippen molar-refractivity contribution in [2.45, 2.75) is 71.8 Å². The Hall–Kier alpha value is -2.00. The van der Waals surface area contributed by atoms with Crippen LogP contribution in [0.15, 0.2) is 42.5 Å². The van der Waals surface area contributed by atoms with Crippen LogP contribution < -0.4 is 0 Å². The number of likely N-dealkylation sites (tertiary alicyclic amines) is 1. The Morgan fingerprint density at radius 3 is 2.47 bits per heavy atom. The van der Waals surface area contributed by atoms with Gasteiger partial charge in [-0.15, -0.1) is 6.58 Å². The van der Waals surface area contributed by atoms with Crippen LogP contribution in [0.4, 0.5) is 4.39 Å². The highest BCUT2D eigenvalue weighted by Gasteiger charge is 2.41. The molecule has 0 spiro atoms. The molecule has 3 heteroatoms. The van der Waals surface area contributed by atoms with Crippen molar-refractivity contribution < 1.29 is 4.39 Å². The fourth-order valence-corrected chi connectivity index (χ4v) is 5.17. The van der Waals surface area contributed by atoms with Gasteiger partial charge in [0, 0.05) is 31.1 Å². The van der Waals surface area contributed by atoms with Crippen molar-refractivity contribution in [1.82, 2.24) is 9.88 Å². The maximum Gasteiger partial charge on any atom is 0.123 e. The summed E-state index contributed by atoms with van der Waals surface area (Å²) in [6.07, 6.45) is 6.92. The largest absolute Gasteiger partial charge is 0.296 e. The lowest BCUT2D eigenvalue weighted by molar-refractivity contribution is -0.00949. The third kappa shape index (κ3) is 4.51. The predicted octanol–water partition coefficient (Wildman–Crippen LogP) is 6.90. The van der Waals surface area contributed by atoms with E-state index in [0.717, 1.165) is 44.5 Å². The van der Waals surface area contributed by atoms with Gasteiger partial charge in [-0.3, -0.25) is 9.88 Å². The van der Waals surface area contributed by atoms with Gasteiger partial charge in [0.2, 0.25) is 0 Å². The molecule has 2 fully saturated rings. The molecule has 0 radical (unpaired) electrons. The van der Waals surface area contributed by atoms with Crippen LogP contribution in [0.5, 0.6) is 0 Å². The molecule has 1 saturated heterocycles. The first-order valence-corrected chi connectivity index (χ1v) is 11.6. The number of nitrogens with zero attached hydrogens (tertiary/aromatic N) is 2. The van der Waals surface area contributed by atoms with E-state index in [1.807, 2.05) is 12.1 Å². The van der Waals surface area contributed by atoms with E-state index in [0.29, 0.717) is 11.3 Å². The Labute approximate surface area is 181 Å². The van der Waals surface area contributed by atoms with Crippen LogP contribution in [-0.2, 0) is 13.0 Å². The number of aryl methyl sites for hydroxylation is 1. The lowest BCUT2D eigenvalue weighted by atomic mass is 9.73. The molecule has 1 aliphatic carbocycles. The van der Waals surface area contributed by atoms with Gasteiger partial charge >= 0.3 is 0 Å². The average Bonchev–Trinajstić information content (AvgIpc) is 3.52. The normalized spacial score (nSPS) is 18.3. The highest BCUT2D eigenvalue weighted by Crippen LogP contribution is 2.45. The van der Waals surface area contributed by atoms with Gasteiger partial charge in [0.05, 0.1) is 11.4 Å². The quantitative estimate of drug-likeness (QED) is 0.421. The Morgan fingerprint density at radius 2 is 1.90 bits per heavy atom. The molecule has 0 bridgehead atoms. The van der Waals surface area contributed by atoms with Crippen molar-refractivity contribution in [3.8, 4) is 11.1 Å². The van der Waals surface area contributed by atoms with E-state index in [-0.39, 0.29) is 5.82 Å². The lowest BCUT2D eigenvalue weighted by Crippen LogP contribution is -2.55. The van der Waals surface area contributed by atoms with Gasteiger partial charge in [0.15, 0.2) is 0 Å². The van der Waals surface area contributed by atoms with Gasteiger partial charge in [0.25, 0.3) is 0 Å². The second-order valence-corrected chi connectivity index (χ2v) is 9.70. The van der Waals surface area contributed by atoms with Crippen molar-refractivity contribution in [1.29, 1.82) is 0 Å². The summed E-state index contributed by atoms with van der Waals surface area (Å²) in [5.74, 6) is 0.385. The van der Waals surface area contributed by atoms with Gasteiger partial charge in [-0.2, -0.15) is 0 Å². The lowest BCUT2D eigenvalue weighted by Gasteiger charge is -2.50. The standard InChI is InChI=1S/C27H35FN2/c1-5-7-22-14-24(16-30-17-27(6-2,18-30)15-19(3)4)29-26(21-8-9-21)25(22)20-10-12-23(28)13-11-20/h10-14,21H,3,5-9,15-18H2,1-2,4H3. The van der Waals surface area contributed by atoms with E-state index in [4.69, 9.17) is 4.98 Å². The molecule has 0 N–H and O–H groups in total. The highest BCUT2D eigenvalue weighted by molar-refractivity contribution is 5.71. The molecule has 2 aromatic rings. The van der Waals surface area contributed by atoms with Gasteiger partial charge in [-0.25, -0.2) is 4.39 Å². The molecule has 0 atom stereocenters. The smallest absolute Gasteiger partial charge is 0.123 e. The second-order valence-electron chi connectivity index (χ2n) is 9.70. The number of hydrogen-bond donors (Lipinski definition) is 0. The molecular weight excluding hydrogens is 371 g/mol. The molecule has 0 amide bonds. The van der Waals surface area contributed by atoms with Crippen LogP contribution in [0.25, 0.3) is 11.1 Å². The number of pyridine rings is 1. The molecule has 2 heterocycles. The first-order valence-electron chi connectivity index (χ1n) is 11.6. The average molecular weight is 407 g/mol. The molecule has 0 unspecified atom stereocenters. The summed E-state index contributed by atoms with van der Waals surface area (Å²) in [7, 11) is 0. The first-order chi connectivity index (χ1) is 14.4. The van der Waals surface area contributed by atoms with Crippen LogP contribution in [0, 0.1) is 11.2 Å². The van der Waals surface area contributed by atoms with E-state index < -0.39 is 0 Å². The fraction of sp³-hybridized carbons (Fsp3) is 0.519. The van der Waals surface area contributed by atoms with Gasteiger partial charge in [-0.05, 0) is 73.8 Å². The van der Waals surface area contributed by atoms with E-state index in [1.54, 1.807) is 12.1 Å². The Bertz CT molecular complexity index is 905. The van der Waals surface area contributed by atoms with Gasteiger partial charge in [0.1, 0.15) is 5.82 Å². The molecular formula is C27H35FN2. The molecule has 4 rings (SSSR count). The maximum absolute atomic E-state index is 13.5. The van der Waals surface area contributed by atoms with Gasteiger partial charge < -0.3 is 0 Å². The summed E-state index contributed by atoms with van der Waals surface area (Å²) in [4.78, 5) is 7.72. The van der Waals surface area contributed by atoms with E-state index >= 15 is 0 Å². The monoisotopic (exact) mass is 406 g/mol. The highest BCUT2D eigenvalue weighted by atomic mass is 19.1. The minimum Gasteiger partial charge on any atom is -0.296 e. The molecule has 2 nitrogen and oxygen atoms in total.